The average molecular weight is 350 g/mol. The fraction of sp³-hybridized carbons (Fsp3) is 0.667. The number of carboxylic acid groups (broad SMARTS) is 2. The van der Waals surface area contributed by atoms with Crippen molar-refractivity contribution in [3.63, 3.8) is 0 Å². The minimum atomic E-state index is -6.74. The van der Waals surface area contributed by atoms with Gasteiger partial charge in [0.15, 0.2) is 0 Å². The monoisotopic (exact) mass is 350 g/mol. The smallest absolute Gasteiger partial charge is 0.544 e. The van der Waals surface area contributed by atoms with Crippen molar-refractivity contribution in [3.05, 3.63) is 0 Å². The van der Waals surface area contributed by atoms with Crippen molar-refractivity contribution in [2.24, 2.45) is 0 Å². The third kappa shape index (κ3) is 5.18. The van der Waals surface area contributed by atoms with Gasteiger partial charge in [-0.25, -0.2) is 0 Å². The van der Waals surface area contributed by atoms with Gasteiger partial charge in [-0.05, 0) is 0 Å². The van der Waals surface area contributed by atoms with E-state index in [0.717, 1.165) is 0 Å². The number of carbonyl (C=O) groups is 2. The van der Waals surface area contributed by atoms with Crippen LogP contribution in [0.3, 0.4) is 0 Å². The first kappa shape index (κ1) is 26.2. The molecule has 21 heavy (non-hydrogen) atoms. The van der Waals surface area contributed by atoms with Crippen molar-refractivity contribution in [2.45, 2.75) is 24.1 Å². The molecule has 0 amide bonds. The normalized spacial score (nSPS) is 15.2. The van der Waals surface area contributed by atoms with Gasteiger partial charge in [0.25, 0.3) is 0 Å². The second kappa shape index (κ2) is 7.75. The zero-order chi connectivity index (χ0) is 15.9. The van der Waals surface area contributed by atoms with Crippen LogP contribution in [0.2, 0.25) is 0 Å². The molecule has 0 bridgehead atoms. The Morgan fingerprint density at radius 1 is 0.762 bits per heavy atom. The maximum Gasteiger partial charge on any atom is 1.00 e. The van der Waals surface area contributed by atoms with Gasteiger partial charge < -0.3 is 19.8 Å². The molecule has 0 rings (SSSR count). The summed E-state index contributed by atoms with van der Waals surface area (Å²) in [5.74, 6) is -20.7. The zero-order valence-electron chi connectivity index (χ0n) is 10.1. The molecule has 0 aliphatic carbocycles. The third-order valence-corrected chi connectivity index (χ3v) is 1.52. The van der Waals surface area contributed by atoms with Gasteiger partial charge in [0.1, 0.15) is 11.9 Å². The molecular weight excluding hydrogens is 350 g/mol. The number of halogens is 8. The van der Waals surface area contributed by atoms with Crippen molar-refractivity contribution >= 4 is 11.9 Å². The van der Waals surface area contributed by atoms with E-state index in [0.29, 0.717) is 0 Å². The van der Waals surface area contributed by atoms with E-state index in [9.17, 15) is 54.9 Å². The van der Waals surface area contributed by atoms with Crippen LogP contribution in [0, 0.1) is 0 Å². The Labute approximate surface area is 154 Å². The summed E-state index contributed by atoms with van der Waals surface area (Å²) < 4.78 is 99.2. The second-order valence-electron chi connectivity index (χ2n) is 2.86. The predicted octanol–water partition coefficient (Wildman–Crippen LogP) is -7.03. The topological polar surface area (TPSA) is 89.5 Å². The Balaban J connectivity index is -0.00000162. The van der Waals surface area contributed by atoms with E-state index >= 15 is 0 Å². The van der Waals surface area contributed by atoms with Crippen LogP contribution >= 0.6 is 0 Å². The molecule has 0 fully saturated rings. The Morgan fingerprint density at radius 3 is 1.29 bits per heavy atom. The molecule has 0 aliphatic heterocycles. The summed E-state index contributed by atoms with van der Waals surface area (Å²) in [4.78, 5) is 19.4. The number of alkyl halides is 8. The van der Waals surface area contributed by atoms with Gasteiger partial charge in [0.2, 0.25) is 0 Å². The second-order valence-corrected chi connectivity index (χ2v) is 2.86. The SMILES string of the molecule is O=C([O-])C(F)(F)C(F)(F)OC(F)(C(=O)[O-])C(F)(F)F.[Na+].[Na+]. The summed E-state index contributed by atoms with van der Waals surface area (Å²) in [5.41, 5.74) is 0. The van der Waals surface area contributed by atoms with Crippen LogP contribution in [0.4, 0.5) is 35.1 Å². The third-order valence-electron chi connectivity index (χ3n) is 1.52. The quantitative estimate of drug-likeness (QED) is 0.363. The van der Waals surface area contributed by atoms with Gasteiger partial charge in [-0.3, -0.25) is 4.74 Å². The van der Waals surface area contributed by atoms with Gasteiger partial charge in [0, 0.05) is 0 Å². The molecule has 0 aromatic rings. The minimum absolute atomic E-state index is 0. The minimum Gasteiger partial charge on any atom is -0.544 e. The molecule has 112 valence electrons. The van der Waals surface area contributed by atoms with Gasteiger partial charge in [-0.15, -0.1) is 0 Å². The van der Waals surface area contributed by atoms with Gasteiger partial charge >= 0.3 is 83.2 Å². The molecular formula is C6F8Na2O5. The molecule has 0 N–H and O–H groups in total. The summed E-state index contributed by atoms with van der Waals surface area (Å²) in [5, 5.41) is 19.4. The van der Waals surface area contributed by atoms with Crippen molar-refractivity contribution in [3.8, 4) is 0 Å². The van der Waals surface area contributed by atoms with E-state index in [1.54, 1.807) is 0 Å². The summed E-state index contributed by atoms with van der Waals surface area (Å²) in [6.45, 7) is 0. The Kier molecular flexibility index (Phi) is 9.68. The molecule has 0 aliphatic rings. The molecule has 0 aromatic carbocycles. The maximum atomic E-state index is 12.7. The van der Waals surface area contributed by atoms with Crippen LogP contribution in [-0.4, -0.2) is 36.0 Å². The van der Waals surface area contributed by atoms with Crippen LogP contribution in [0.25, 0.3) is 0 Å². The van der Waals surface area contributed by atoms with Crippen molar-refractivity contribution < 1.29 is 119 Å². The molecule has 1 atom stereocenters. The van der Waals surface area contributed by atoms with Crippen LogP contribution in [0.5, 0.6) is 0 Å². The van der Waals surface area contributed by atoms with Gasteiger partial charge in [-0.1, -0.05) is 0 Å². The standard InChI is InChI=1S/C6H2F8O5.2Na/c7-3(8,1(15)16)6(13,14)19-4(9,2(17)18)5(10,11)12;;/h(H,15,16)(H,17,18);;/q;2*+1/p-2. The molecule has 0 spiro atoms. The number of hydrogen-bond acceptors (Lipinski definition) is 5. The number of carbonyl (C=O) groups excluding carboxylic acids is 2. The number of ether oxygens (including phenoxy) is 1. The van der Waals surface area contributed by atoms with Crippen LogP contribution in [0.1, 0.15) is 0 Å². The zero-order valence-corrected chi connectivity index (χ0v) is 14.1. The molecule has 0 saturated carbocycles. The molecule has 5 nitrogen and oxygen atoms in total. The van der Waals surface area contributed by atoms with E-state index in [4.69, 9.17) is 0 Å². The molecule has 0 heterocycles. The first-order valence-electron chi connectivity index (χ1n) is 3.74. The van der Waals surface area contributed by atoms with Crippen LogP contribution in [-0.2, 0) is 14.3 Å². The maximum absolute atomic E-state index is 12.7. The first-order chi connectivity index (χ1) is 8.09. The van der Waals surface area contributed by atoms with E-state index in [-0.39, 0.29) is 59.1 Å². The van der Waals surface area contributed by atoms with Gasteiger partial charge in [0.05, 0.1) is 0 Å². The van der Waals surface area contributed by atoms with Crippen molar-refractivity contribution in [1.82, 2.24) is 0 Å². The Bertz CT molecular complexity index is 399. The van der Waals surface area contributed by atoms with E-state index in [1.807, 2.05) is 4.74 Å². The summed E-state index contributed by atoms with van der Waals surface area (Å²) in [6.07, 6.45) is -13.4. The van der Waals surface area contributed by atoms with E-state index in [2.05, 4.69) is 0 Å². The number of aliphatic carboxylic acids is 2. The Morgan fingerprint density at radius 2 is 1.10 bits per heavy atom. The van der Waals surface area contributed by atoms with E-state index < -0.39 is 36.0 Å². The summed E-state index contributed by atoms with van der Waals surface area (Å²) in [7, 11) is 0. The predicted molar refractivity (Wildman–Crippen MR) is 30.9 cm³/mol. The van der Waals surface area contributed by atoms with Crippen LogP contribution < -0.4 is 69.3 Å². The Hall–Kier alpha value is 0.340. The van der Waals surface area contributed by atoms with Gasteiger partial charge in [-0.2, -0.15) is 35.1 Å². The molecule has 0 saturated heterocycles. The fourth-order valence-electron chi connectivity index (χ4n) is 0.575. The molecule has 1 unspecified atom stereocenters. The number of hydrogen-bond donors (Lipinski definition) is 0. The van der Waals surface area contributed by atoms with Crippen molar-refractivity contribution in [2.75, 3.05) is 0 Å². The fourth-order valence-corrected chi connectivity index (χ4v) is 0.575. The number of rotatable bonds is 5. The largest absolute Gasteiger partial charge is 1.00 e. The number of carboxylic acids is 2. The molecule has 15 heteroatoms. The molecule has 0 radical (unpaired) electrons. The van der Waals surface area contributed by atoms with Crippen molar-refractivity contribution in [1.29, 1.82) is 0 Å². The van der Waals surface area contributed by atoms with E-state index in [1.165, 1.54) is 0 Å². The average Bonchev–Trinajstić information content (AvgIpc) is 2.13. The van der Waals surface area contributed by atoms with Crippen LogP contribution in [0.15, 0.2) is 0 Å². The summed E-state index contributed by atoms with van der Waals surface area (Å²) >= 11 is 0. The summed E-state index contributed by atoms with van der Waals surface area (Å²) in [6, 6.07) is 0. The first-order valence-corrected chi connectivity index (χ1v) is 3.74. The molecule has 0 aromatic heterocycles.